The van der Waals surface area contributed by atoms with E-state index in [2.05, 4.69) is 32.3 Å². The highest BCUT2D eigenvalue weighted by Crippen LogP contribution is 2.37. The van der Waals surface area contributed by atoms with E-state index in [0.29, 0.717) is 6.04 Å². The first kappa shape index (κ1) is 11.2. The van der Waals surface area contributed by atoms with E-state index < -0.39 is 0 Å². The normalized spacial score (nSPS) is 34.5. The molecule has 1 aromatic rings. The lowest BCUT2D eigenvalue weighted by atomic mass is 9.98. The van der Waals surface area contributed by atoms with Crippen LogP contribution in [0.5, 0.6) is 0 Å². The predicted octanol–water partition coefficient (Wildman–Crippen LogP) is 2.68. The Morgan fingerprint density at radius 3 is 3.00 bits per heavy atom. The molecule has 2 nitrogen and oxygen atoms in total. The number of hydrogen-bond donors (Lipinski definition) is 1. The minimum atomic E-state index is 0.462. The highest BCUT2D eigenvalue weighted by molar-refractivity contribution is 9.11. The molecule has 0 radical (unpaired) electrons. The topological polar surface area (TPSA) is 29.3 Å². The van der Waals surface area contributed by atoms with E-state index in [1.165, 1.54) is 35.3 Å². The van der Waals surface area contributed by atoms with Crippen LogP contribution in [0.15, 0.2) is 15.2 Å². The van der Waals surface area contributed by atoms with Gasteiger partial charge in [-0.1, -0.05) is 0 Å². The van der Waals surface area contributed by atoms with Gasteiger partial charge in [0.25, 0.3) is 0 Å². The van der Waals surface area contributed by atoms with Crippen molar-refractivity contribution in [2.75, 3.05) is 13.1 Å². The molecule has 2 heterocycles. The van der Waals surface area contributed by atoms with Crippen LogP contribution in [0.2, 0.25) is 0 Å². The molecule has 1 saturated carbocycles. The van der Waals surface area contributed by atoms with Gasteiger partial charge in [-0.3, -0.25) is 4.90 Å². The Labute approximate surface area is 109 Å². The van der Waals surface area contributed by atoms with E-state index >= 15 is 0 Å². The second kappa shape index (κ2) is 4.41. The van der Waals surface area contributed by atoms with Gasteiger partial charge in [0, 0.05) is 25.7 Å². The van der Waals surface area contributed by atoms with Gasteiger partial charge < -0.3 is 5.73 Å². The van der Waals surface area contributed by atoms with Crippen LogP contribution in [0, 0.1) is 11.8 Å². The van der Waals surface area contributed by atoms with Crippen molar-refractivity contribution in [2.24, 2.45) is 17.6 Å². The average Bonchev–Trinajstić information content (AvgIpc) is 2.88. The molecule has 3 rings (SSSR count). The summed E-state index contributed by atoms with van der Waals surface area (Å²) in [6.45, 7) is 3.56. The summed E-state index contributed by atoms with van der Waals surface area (Å²) < 4.78 is 1.23. The molecule has 1 saturated heterocycles. The van der Waals surface area contributed by atoms with Crippen molar-refractivity contribution < 1.29 is 0 Å². The van der Waals surface area contributed by atoms with Gasteiger partial charge in [-0.2, -0.15) is 0 Å². The molecular formula is C12H17BrN2S. The molecule has 4 heteroatoms. The van der Waals surface area contributed by atoms with Crippen molar-refractivity contribution >= 4 is 27.3 Å². The van der Waals surface area contributed by atoms with E-state index in [4.69, 9.17) is 5.73 Å². The third-order valence-electron chi connectivity index (χ3n) is 4.02. The number of halogens is 1. The third-order valence-corrected chi connectivity index (χ3v) is 5.57. The molecule has 1 aromatic heterocycles. The van der Waals surface area contributed by atoms with Crippen LogP contribution < -0.4 is 5.73 Å². The Morgan fingerprint density at radius 1 is 1.44 bits per heavy atom. The molecule has 0 amide bonds. The summed E-state index contributed by atoms with van der Waals surface area (Å²) in [6.07, 6.45) is 2.59. The molecule has 3 unspecified atom stereocenters. The van der Waals surface area contributed by atoms with Crippen LogP contribution >= 0.6 is 27.3 Å². The zero-order chi connectivity index (χ0) is 11.1. The van der Waals surface area contributed by atoms with Crippen molar-refractivity contribution in [1.29, 1.82) is 0 Å². The summed E-state index contributed by atoms with van der Waals surface area (Å²) in [4.78, 5) is 2.57. The summed E-state index contributed by atoms with van der Waals surface area (Å²) in [7, 11) is 0. The quantitative estimate of drug-likeness (QED) is 0.910. The molecule has 88 valence electrons. The van der Waals surface area contributed by atoms with Crippen molar-refractivity contribution in [3.63, 3.8) is 0 Å². The number of hydrogen-bond acceptors (Lipinski definition) is 3. The highest BCUT2D eigenvalue weighted by Gasteiger charge is 2.40. The maximum absolute atomic E-state index is 6.15. The molecule has 1 aliphatic heterocycles. The Bertz CT molecular complexity index is 379. The van der Waals surface area contributed by atoms with Gasteiger partial charge in [-0.25, -0.2) is 0 Å². The highest BCUT2D eigenvalue weighted by atomic mass is 79.9. The largest absolute Gasteiger partial charge is 0.327 e. The fourth-order valence-corrected chi connectivity index (χ4v) is 4.42. The van der Waals surface area contributed by atoms with E-state index in [1.54, 1.807) is 11.3 Å². The smallest absolute Gasteiger partial charge is 0.0701 e. The monoisotopic (exact) mass is 300 g/mol. The lowest BCUT2D eigenvalue weighted by Crippen LogP contribution is -2.30. The first-order chi connectivity index (χ1) is 7.72. The van der Waals surface area contributed by atoms with Crippen molar-refractivity contribution in [2.45, 2.75) is 25.4 Å². The summed E-state index contributed by atoms with van der Waals surface area (Å²) in [5.74, 6) is 1.64. The predicted molar refractivity (Wildman–Crippen MR) is 71.5 cm³/mol. The van der Waals surface area contributed by atoms with Crippen LogP contribution in [0.4, 0.5) is 0 Å². The maximum Gasteiger partial charge on any atom is 0.0701 e. The van der Waals surface area contributed by atoms with Gasteiger partial charge in [0.15, 0.2) is 0 Å². The molecule has 0 aromatic carbocycles. The number of nitrogens with zero attached hydrogens (tertiary/aromatic N) is 1. The summed E-state index contributed by atoms with van der Waals surface area (Å²) in [5.41, 5.74) is 7.58. The number of nitrogens with two attached hydrogens (primary N) is 1. The van der Waals surface area contributed by atoms with Gasteiger partial charge >= 0.3 is 0 Å². The van der Waals surface area contributed by atoms with Gasteiger partial charge in [0.05, 0.1) is 3.79 Å². The van der Waals surface area contributed by atoms with Crippen LogP contribution in [-0.4, -0.2) is 24.0 Å². The fourth-order valence-electron chi connectivity index (χ4n) is 3.22. The lowest BCUT2D eigenvalue weighted by Gasteiger charge is -2.17. The molecule has 2 fully saturated rings. The summed E-state index contributed by atoms with van der Waals surface area (Å²) in [5, 5.41) is 2.25. The first-order valence-electron chi connectivity index (χ1n) is 5.93. The average molecular weight is 301 g/mol. The Morgan fingerprint density at radius 2 is 2.31 bits per heavy atom. The molecule has 16 heavy (non-hydrogen) atoms. The maximum atomic E-state index is 6.15. The van der Waals surface area contributed by atoms with Crippen molar-refractivity contribution in [3.05, 3.63) is 20.8 Å². The summed E-state index contributed by atoms with van der Waals surface area (Å²) in [6, 6.07) is 2.70. The number of likely N-dealkylation sites (tertiary alicyclic amines) is 1. The Kier molecular flexibility index (Phi) is 3.09. The minimum absolute atomic E-state index is 0.462. The molecule has 2 N–H and O–H groups in total. The van der Waals surface area contributed by atoms with Crippen molar-refractivity contribution in [1.82, 2.24) is 4.90 Å². The van der Waals surface area contributed by atoms with E-state index in [1.807, 2.05) is 0 Å². The fraction of sp³-hybridized carbons (Fsp3) is 0.667. The van der Waals surface area contributed by atoms with Gasteiger partial charge in [0.1, 0.15) is 0 Å². The molecule has 3 atom stereocenters. The number of fused-ring (bicyclic) bond motifs is 1. The third kappa shape index (κ3) is 2.08. The molecule has 0 bridgehead atoms. The molecule has 0 spiro atoms. The van der Waals surface area contributed by atoms with E-state index in [-0.39, 0.29) is 0 Å². The second-order valence-electron chi connectivity index (χ2n) is 5.12. The standard InChI is InChI=1S/C12H17BrN2S/c13-12-3-8(7-16-12)4-15-5-9-1-2-11(14)10(9)6-15/h3,7,9-11H,1-2,4-6,14H2. The number of thiophene rings is 1. The van der Waals surface area contributed by atoms with Crippen LogP contribution in [0.1, 0.15) is 18.4 Å². The number of rotatable bonds is 2. The molecular weight excluding hydrogens is 284 g/mol. The summed E-state index contributed by atoms with van der Waals surface area (Å²) >= 11 is 5.29. The first-order valence-corrected chi connectivity index (χ1v) is 7.60. The van der Waals surface area contributed by atoms with Gasteiger partial charge in [-0.05, 0) is 57.6 Å². The Hall–Kier alpha value is 0.100. The van der Waals surface area contributed by atoms with Gasteiger partial charge in [-0.15, -0.1) is 11.3 Å². The van der Waals surface area contributed by atoms with Gasteiger partial charge in [0.2, 0.25) is 0 Å². The second-order valence-corrected chi connectivity index (χ2v) is 7.41. The van der Waals surface area contributed by atoms with E-state index in [0.717, 1.165) is 18.4 Å². The van der Waals surface area contributed by atoms with Crippen LogP contribution in [-0.2, 0) is 6.54 Å². The van der Waals surface area contributed by atoms with Crippen molar-refractivity contribution in [3.8, 4) is 0 Å². The zero-order valence-corrected chi connectivity index (χ0v) is 11.6. The zero-order valence-electron chi connectivity index (χ0n) is 9.23. The minimum Gasteiger partial charge on any atom is -0.327 e. The van der Waals surface area contributed by atoms with E-state index in [9.17, 15) is 0 Å². The molecule has 2 aliphatic rings. The van der Waals surface area contributed by atoms with Crippen LogP contribution in [0.25, 0.3) is 0 Å². The SMILES string of the molecule is NC1CCC2CN(Cc3csc(Br)c3)CC12. The molecule has 1 aliphatic carbocycles. The van der Waals surface area contributed by atoms with Crippen LogP contribution in [0.3, 0.4) is 0 Å². The Balaban J connectivity index is 1.62. The lowest BCUT2D eigenvalue weighted by molar-refractivity contribution is 0.298.